The fourth-order valence-corrected chi connectivity index (χ4v) is 2.66. The van der Waals surface area contributed by atoms with Gasteiger partial charge in [0.1, 0.15) is 0 Å². The predicted octanol–water partition coefficient (Wildman–Crippen LogP) is 1.50. The molecule has 4 heteroatoms. The molecule has 3 N–H and O–H groups in total. The van der Waals surface area contributed by atoms with Crippen LogP contribution in [0.4, 0.5) is 5.69 Å². The number of anilines is 1. The van der Waals surface area contributed by atoms with Gasteiger partial charge in [0.2, 0.25) is 5.91 Å². The highest BCUT2D eigenvalue weighted by atomic mass is 16.1. The van der Waals surface area contributed by atoms with E-state index in [-0.39, 0.29) is 5.91 Å². The Morgan fingerprint density at radius 2 is 2.05 bits per heavy atom. The molecule has 1 amide bonds. The average molecular weight is 261 g/mol. The zero-order chi connectivity index (χ0) is 13.7. The van der Waals surface area contributed by atoms with Crippen LogP contribution in [0.15, 0.2) is 24.3 Å². The van der Waals surface area contributed by atoms with Crippen LogP contribution in [0.3, 0.4) is 0 Å². The van der Waals surface area contributed by atoms with Crippen molar-refractivity contribution in [1.29, 1.82) is 0 Å². The summed E-state index contributed by atoms with van der Waals surface area (Å²) in [5.41, 5.74) is 8.27. The summed E-state index contributed by atoms with van der Waals surface area (Å²) in [6.07, 6.45) is 2.25. The summed E-state index contributed by atoms with van der Waals surface area (Å²) in [7, 11) is 0. The molecule has 2 rings (SSSR count). The number of nitrogens with zero attached hydrogens (tertiary/aromatic N) is 1. The second-order valence-electron chi connectivity index (χ2n) is 5.20. The first-order valence-corrected chi connectivity index (χ1v) is 6.98. The minimum Gasteiger partial charge on any atom is -0.371 e. The molecule has 4 nitrogen and oxygen atoms in total. The van der Waals surface area contributed by atoms with Crippen LogP contribution < -0.4 is 16.0 Å². The number of para-hydroxylation sites is 1. The Balaban J connectivity index is 1.90. The van der Waals surface area contributed by atoms with Crippen molar-refractivity contribution in [1.82, 2.24) is 5.32 Å². The van der Waals surface area contributed by atoms with Gasteiger partial charge in [-0.2, -0.15) is 0 Å². The standard InChI is InChI=1S/C15H23N3O/c1-12(19)17-11-13-6-8-18(9-7-13)15-5-3-2-4-14(15)10-16/h2-5,13H,6-11,16H2,1H3,(H,17,19). The minimum atomic E-state index is 0.0657. The van der Waals surface area contributed by atoms with Gasteiger partial charge in [-0.05, 0) is 30.4 Å². The molecular weight excluding hydrogens is 238 g/mol. The van der Waals surface area contributed by atoms with Crippen molar-refractivity contribution in [2.45, 2.75) is 26.3 Å². The van der Waals surface area contributed by atoms with Crippen molar-refractivity contribution in [3.05, 3.63) is 29.8 Å². The lowest BCUT2D eigenvalue weighted by molar-refractivity contribution is -0.119. The Bertz CT molecular complexity index is 425. The molecule has 0 aromatic heterocycles. The van der Waals surface area contributed by atoms with Crippen LogP contribution in [0.5, 0.6) is 0 Å². The zero-order valence-electron chi connectivity index (χ0n) is 11.6. The predicted molar refractivity (Wildman–Crippen MR) is 78.0 cm³/mol. The molecule has 104 valence electrons. The number of carbonyl (C=O) groups excluding carboxylic acids is 1. The number of nitrogens with two attached hydrogens (primary N) is 1. The second kappa shape index (κ2) is 6.57. The molecule has 19 heavy (non-hydrogen) atoms. The Morgan fingerprint density at radius 1 is 1.37 bits per heavy atom. The van der Waals surface area contributed by atoms with Crippen LogP contribution in [0, 0.1) is 5.92 Å². The molecule has 1 aromatic rings. The Morgan fingerprint density at radius 3 is 2.68 bits per heavy atom. The van der Waals surface area contributed by atoms with Crippen molar-refractivity contribution in [2.75, 3.05) is 24.5 Å². The second-order valence-corrected chi connectivity index (χ2v) is 5.20. The van der Waals surface area contributed by atoms with E-state index in [2.05, 4.69) is 28.4 Å². The summed E-state index contributed by atoms with van der Waals surface area (Å²) in [5.74, 6) is 0.668. The van der Waals surface area contributed by atoms with Gasteiger partial charge in [0, 0.05) is 38.8 Å². The number of amides is 1. The molecule has 0 radical (unpaired) electrons. The van der Waals surface area contributed by atoms with Gasteiger partial charge in [0.15, 0.2) is 0 Å². The zero-order valence-corrected chi connectivity index (χ0v) is 11.6. The van der Waals surface area contributed by atoms with Crippen molar-refractivity contribution >= 4 is 11.6 Å². The fourth-order valence-electron chi connectivity index (χ4n) is 2.66. The molecular formula is C15H23N3O. The van der Waals surface area contributed by atoms with E-state index in [0.29, 0.717) is 12.5 Å². The molecule has 1 aliphatic heterocycles. The van der Waals surface area contributed by atoms with Crippen LogP contribution in [0.25, 0.3) is 0 Å². The van der Waals surface area contributed by atoms with E-state index in [1.54, 1.807) is 6.92 Å². The summed E-state index contributed by atoms with van der Waals surface area (Å²) < 4.78 is 0. The maximum absolute atomic E-state index is 10.9. The van der Waals surface area contributed by atoms with Gasteiger partial charge in [0.05, 0.1) is 0 Å². The fraction of sp³-hybridized carbons (Fsp3) is 0.533. The van der Waals surface area contributed by atoms with Gasteiger partial charge in [0.25, 0.3) is 0 Å². The normalized spacial score (nSPS) is 16.4. The number of hydrogen-bond acceptors (Lipinski definition) is 3. The molecule has 1 aromatic carbocycles. The summed E-state index contributed by atoms with van der Waals surface area (Å²) in [6, 6.07) is 8.35. The lowest BCUT2D eigenvalue weighted by atomic mass is 9.96. The average Bonchev–Trinajstić information content (AvgIpc) is 2.45. The van der Waals surface area contributed by atoms with Crippen LogP contribution in [-0.2, 0) is 11.3 Å². The Kier molecular flexibility index (Phi) is 4.80. The van der Waals surface area contributed by atoms with E-state index in [9.17, 15) is 4.79 Å². The number of rotatable bonds is 4. The lowest BCUT2D eigenvalue weighted by Gasteiger charge is -2.34. The van der Waals surface area contributed by atoms with Gasteiger partial charge in [-0.25, -0.2) is 0 Å². The molecule has 0 atom stereocenters. The smallest absolute Gasteiger partial charge is 0.216 e. The van der Waals surface area contributed by atoms with Crippen LogP contribution in [-0.4, -0.2) is 25.5 Å². The molecule has 1 aliphatic rings. The summed E-state index contributed by atoms with van der Waals surface area (Å²) >= 11 is 0. The number of carbonyl (C=O) groups is 1. The molecule has 1 saturated heterocycles. The summed E-state index contributed by atoms with van der Waals surface area (Å²) in [6.45, 7) is 5.05. The van der Waals surface area contributed by atoms with Crippen LogP contribution in [0.2, 0.25) is 0 Å². The molecule has 0 bridgehead atoms. The third kappa shape index (κ3) is 3.70. The lowest BCUT2D eigenvalue weighted by Crippen LogP contribution is -2.38. The molecule has 0 saturated carbocycles. The highest BCUT2D eigenvalue weighted by molar-refractivity contribution is 5.72. The molecule has 0 unspecified atom stereocenters. The van der Waals surface area contributed by atoms with Crippen molar-refractivity contribution in [3.8, 4) is 0 Å². The van der Waals surface area contributed by atoms with Gasteiger partial charge in [-0.1, -0.05) is 18.2 Å². The van der Waals surface area contributed by atoms with Gasteiger partial charge < -0.3 is 16.0 Å². The number of benzene rings is 1. The first kappa shape index (κ1) is 13.9. The number of nitrogens with one attached hydrogen (secondary N) is 1. The summed E-state index contributed by atoms with van der Waals surface area (Å²) in [4.78, 5) is 13.3. The van der Waals surface area contributed by atoms with Gasteiger partial charge >= 0.3 is 0 Å². The maximum atomic E-state index is 10.9. The van der Waals surface area contributed by atoms with E-state index in [0.717, 1.165) is 32.5 Å². The minimum absolute atomic E-state index is 0.0657. The van der Waals surface area contributed by atoms with Crippen LogP contribution >= 0.6 is 0 Å². The van der Waals surface area contributed by atoms with E-state index >= 15 is 0 Å². The Hall–Kier alpha value is -1.55. The van der Waals surface area contributed by atoms with E-state index in [1.807, 2.05) is 6.07 Å². The molecule has 1 heterocycles. The van der Waals surface area contributed by atoms with Crippen molar-refractivity contribution in [3.63, 3.8) is 0 Å². The number of piperidine rings is 1. The maximum Gasteiger partial charge on any atom is 0.216 e. The largest absolute Gasteiger partial charge is 0.371 e. The summed E-state index contributed by atoms with van der Waals surface area (Å²) in [5, 5.41) is 2.91. The highest BCUT2D eigenvalue weighted by Gasteiger charge is 2.20. The first-order valence-electron chi connectivity index (χ1n) is 6.98. The van der Waals surface area contributed by atoms with E-state index in [4.69, 9.17) is 5.73 Å². The van der Waals surface area contributed by atoms with Gasteiger partial charge in [-0.15, -0.1) is 0 Å². The highest BCUT2D eigenvalue weighted by Crippen LogP contribution is 2.25. The van der Waals surface area contributed by atoms with Crippen molar-refractivity contribution in [2.24, 2.45) is 11.7 Å². The first-order chi connectivity index (χ1) is 9.20. The topological polar surface area (TPSA) is 58.4 Å². The molecule has 0 spiro atoms. The quantitative estimate of drug-likeness (QED) is 0.863. The monoisotopic (exact) mass is 261 g/mol. The van der Waals surface area contributed by atoms with E-state index < -0.39 is 0 Å². The third-order valence-electron chi connectivity index (χ3n) is 3.81. The Labute approximate surface area is 115 Å². The van der Waals surface area contributed by atoms with E-state index in [1.165, 1.54) is 11.3 Å². The molecule has 0 aliphatic carbocycles. The third-order valence-corrected chi connectivity index (χ3v) is 3.81. The number of hydrogen-bond donors (Lipinski definition) is 2. The van der Waals surface area contributed by atoms with Crippen LogP contribution in [0.1, 0.15) is 25.3 Å². The van der Waals surface area contributed by atoms with Gasteiger partial charge in [-0.3, -0.25) is 4.79 Å². The SMILES string of the molecule is CC(=O)NCC1CCN(c2ccccc2CN)CC1. The molecule has 1 fully saturated rings. The van der Waals surface area contributed by atoms with Crippen molar-refractivity contribution < 1.29 is 4.79 Å².